The molecule has 0 aliphatic heterocycles. The van der Waals surface area contributed by atoms with Crippen molar-refractivity contribution in [3.05, 3.63) is 41.0 Å². The summed E-state index contributed by atoms with van der Waals surface area (Å²) in [6, 6.07) is 8.01. The van der Waals surface area contributed by atoms with Crippen molar-refractivity contribution in [2.75, 3.05) is 11.4 Å². The molecule has 0 bridgehead atoms. The summed E-state index contributed by atoms with van der Waals surface area (Å²) in [5, 5.41) is 17.1. The molecule has 0 aliphatic rings. The van der Waals surface area contributed by atoms with Crippen molar-refractivity contribution in [3.8, 4) is 5.75 Å². The number of azo groups is 1. The van der Waals surface area contributed by atoms with Crippen molar-refractivity contribution in [1.82, 2.24) is 4.98 Å². The summed E-state index contributed by atoms with van der Waals surface area (Å²) in [6.07, 6.45) is 2.46. The molecular formula is C17H22BrN4NaO4S. The van der Waals surface area contributed by atoms with Crippen LogP contribution < -0.4 is 4.90 Å². The van der Waals surface area contributed by atoms with E-state index in [0.29, 0.717) is 24.5 Å². The number of phenols is 1. The number of benzene rings is 1. The zero-order chi connectivity index (χ0) is 20.0. The Balaban J connectivity index is 0.00000392. The summed E-state index contributed by atoms with van der Waals surface area (Å²) >= 11 is 3.28. The molecule has 2 N–H and O–H groups in total. The van der Waals surface area contributed by atoms with Crippen LogP contribution in [0.1, 0.15) is 26.7 Å². The van der Waals surface area contributed by atoms with Crippen LogP contribution in [0.5, 0.6) is 5.75 Å². The summed E-state index contributed by atoms with van der Waals surface area (Å²) in [7, 11) is -4.27. The Morgan fingerprint density at radius 1 is 1.21 bits per heavy atom. The molecular weight excluding hydrogens is 459 g/mol. The first-order valence-corrected chi connectivity index (χ1v) is 10.6. The zero-order valence-corrected chi connectivity index (χ0v) is 17.4. The van der Waals surface area contributed by atoms with Gasteiger partial charge in [0.1, 0.15) is 11.4 Å². The molecule has 0 amide bonds. The number of aromatic nitrogens is 1. The van der Waals surface area contributed by atoms with Gasteiger partial charge in [-0.25, -0.2) is 4.98 Å². The first kappa shape index (κ1) is 25.0. The van der Waals surface area contributed by atoms with Gasteiger partial charge in [0.15, 0.2) is 11.2 Å². The topological polar surface area (TPSA) is 115 Å². The van der Waals surface area contributed by atoms with Gasteiger partial charge in [-0.15, -0.1) is 10.2 Å². The third-order valence-electron chi connectivity index (χ3n) is 3.77. The second-order valence-corrected chi connectivity index (χ2v) is 8.27. The Morgan fingerprint density at radius 2 is 1.93 bits per heavy atom. The van der Waals surface area contributed by atoms with Gasteiger partial charge in [-0.1, -0.05) is 13.8 Å². The van der Waals surface area contributed by atoms with Gasteiger partial charge in [0, 0.05) is 29.0 Å². The van der Waals surface area contributed by atoms with Crippen molar-refractivity contribution in [3.63, 3.8) is 0 Å². The van der Waals surface area contributed by atoms with Crippen LogP contribution in [0.25, 0.3) is 0 Å². The molecule has 0 fully saturated rings. The predicted molar refractivity (Wildman–Crippen MR) is 115 cm³/mol. The van der Waals surface area contributed by atoms with Gasteiger partial charge >= 0.3 is 29.6 Å². The van der Waals surface area contributed by atoms with E-state index in [1.165, 1.54) is 12.1 Å². The van der Waals surface area contributed by atoms with Crippen molar-refractivity contribution < 1.29 is 18.1 Å². The molecule has 0 radical (unpaired) electrons. The zero-order valence-electron chi connectivity index (χ0n) is 14.9. The fraction of sp³-hybridized carbons (Fsp3) is 0.353. The van der Waals surface area contributed by atoms with E-state index in [9.17, 15) is 18.1 Å². The van der Waals surface area contributed by atoms with Crippen molar-refractivity contribution in [2.45, 2.75) is 32.1 Å². The van der Waals surface area contributed by atoms with Gasteiger partial charge < -0.3 is 10.0 Å². The fourth-order valence-electron chi connectivity index (χ4n) is 2.58. The maximum atomic E-state index is 11.7. The Morgan fingerprint density at radius 3 is 2.43 bits per heavy atom. The summed E-state index contributed by atoms with van der Waals surface area (Å²) in [5.41, 5.74) is 0.694. The Bertz CT molecular complexity index is 910. The van der Waals surface area contributed by atoms with Crippen LogP contribution >= 0.6 is 15.9 Å². The molecule has 2 rings (SSSR count). The first-order valence-electron chi connectivity index (χ1n) is 8.35. The molecule has 11 heteroatoms. The molecule has 8 nitrogen and oxygen atoms in total. The number of pyridine rings is 1. The molecule has 0 spiro atoms. The van der Waals surface area contributed by atoms with Crippen LogP contribution in [0, 0.1) is 0 Å². The second kappa shape index (κ2) is 11.2. The summed E-state index contributed by atoms with van der Waals surface area (Å²) < 4.78 is 33.7. The van der Waals surface area contributed by atoms with Crippen LogP contribution in [-0.2, 0) is 10.1 Å². The SMILES string of the molecule is CCCN(c1ccc(/N=N/c2ccc(Br)cn2)c(O)c1)C(CC)S(=O)(=O)O.[NaH]. The average molecular weight is 481 g/mol. The van der Waals surface area contributed by atoms with E-state index in [-0.39, 0.29) is 47.4 Å². The van der Waals surface area contributed by atoms with E-state index in [1.54, 1.807) is 36.2 Å². The quantitative estimate of drug-likeness (QED) is 0.333. The van der Waals surface area contributed by atoms with E-state index >= 15 is 0 Å². The fourth-order valence-corrected chi connectivity index (χ4v) is 3.78. The van der Waals surface area contributed by atoms with Crippen molar-refractivity contribution >= 4 is 72.8 Å². The summed E-state index contributed by atoms with van der Waals surface area (Å²) in [4.78, 5) is 5.61. The Hall–Kier alpha value is -1.04. The number of hydrogen-bond donors (Lipinski definition) is 2. The van der Waals surface area contributed by atoms with Crippen LogP contribution in [-0.4, -0.2) is 64.5 Å². The average Bonchev–Trinajstić information content (AvgIpc) is 2.61. The van der Waals surface area contributed by atoms with E-state index < -0.39 is 15.5 Å². The predicted octanol–water partition coefficient (Wildman–Crippen LogP) is 4.16. The van der Waals surface area contributed by atoms with E-state index in [4.69, 9.17) is 0 Å². The molecule has 1 aromatic heterocycles. The van der Waals surface area contributed by atoms with Gasteiger partial charge in [0.25, 0.3) is 10.1 Å². The van der Waals surface area contributed by atoms with Crippen molar-refractivity contribution in [1.29, 1.82) is 0 Å². The number of phenolic OH excluding ortho intramolecular Hbond substituents is 1. The molecule has 148 valence electrons. The molecule has 2 aromatic rings. The number of nitrogens with zero attached hydrogens (tertiary/aromatic N) is 4. The van der Waals surface area contributed by atoms with Crippen LogP contribution in [0.4, 0.5) is 17.2 Å². The molecule has 1 aromatic carbocycles. The van der Waals surface area contributed by atoms with Gasteiger partial charge in [0.05, 0.1) is 0 Å². The number of hydrogen-bond acceptors (Lipinski definition) is 7. The molecule has 1 atom stereocenters. The van der Waals surface area contributed by atoms with E-state index in [1.807, 2.05) is 6.92 Å². The van der Waals surface area contributed by atoms with Crippen molar-refractivity contribution in [2.24, 2.45) is 10.2 Å². The van der Waals surface area contributed by atoms with Crippen LogP contribution in [0.15, 0.2) is 51.2 Å². The normalized spacial score (nSPS) is 12.6. The van der Waals surface area contributed by atoms with Gasteiger partial charge in [0.2, 0.25) is 0 Å². The standard InChI is InChI=1S/C17H21BrN4O4S.Na.H/c1-3-9-22(17(4-2)27(24,25)26)13-6-7-14(15(23)10-13)20-21-16-8-5-12(18)11-19-16;;/h5-8,10-11,17,23H,3-4,9H2,1-2H3,(H,24,25,26);;/b21-20+;;. The second-order valence-electron chi connectivity index (χ2n) is 5.78. The van der Waals surface area contributed by atoms with Crippen LogP contribution in [0.2, 0.25) is 0 Å². The molecule has 1 heterocycles. The molecule has 1 unspecified atom stereocenters. The van der Waals surface area contributed by atoms with Gasteiger partial charge in [-0.2, -0.15) is 8.42 Å². The minimum atomic E-state index is -4.27. The first-order chi connectivity index (χ1) is 12.8. The number of halogens is 1. The van der Waals surface area contributed by atoms with E-state index in [0.717, 1.165) is 4.47 Å². The monoisotopic (exact) mass is 480 g/mol. The number of aromatic hydroxyl groups is 1. The van der Waals surface area contributed by atoms with Gasteiger partial charge in [-0.05, 0) is 53.0 Å². The number of rotatable bonds is 8. The van der Waals surface area contributed by atoms with Gasteiger partial charge in [-0.3, -0.25) is 4.55 Å². The number of anilines is 1. The molecule has 28 heavy (non-hydrogen) atoms. The Kier molecular flexibility index (Phi) is 10.0. The molecule has 0 saturated heterocycles. The van der Waals surface area contributed by atoms with E-state index in [2.05, 4.69) is 31.1 Å². The van der Waals surface area contributed by atoms with Crippen LogP contribution in [0.3, 0.4) is 0 Å². The maximum absolute atomic E-state index is 11.7. The third kappa shape index (κ3) is 6.78. The minimum absolute atomic E-state index is 0. The Labute approximate surface area is 195 Å². The third-order valence-corrected chi connectivity index (χ3v) is 5.51. The molecule has 0 aliphatic carbocycles. The molecule has 0 saturated carbocycles. The summed E-state index contributed by atoms with van der Waals surface area (Å²) in [6.45, 7) is 3.98. The summed E-state index contributed by atoms with van der Waals surface area (Å²) in [5.74, 6) is 0.228.